The molecular weight excluding hydrogens is 184 g/mol. The Labute approximate surface area is 80.1 Å². The van der Waals surface area contributed by atoms with Gasteiger partial charge in [-0.05, 0) is 17.7 Å². The average Bonchev–Trinajstić information content (AvgIpc) is 2.15. The van der Waals surface area contributed by atoms with Gasteiger partial charge in [-0.1, -0.05) is 12.1 Å². The van der Waals surface area contributed by atoms with Crippen LogP contribution in [0.4, 0.5) is 4.79 Å². The molecule has 1 rings (SSSR count). The topological polar surface area (TPSA) is 35.5 Å². The number of carbonyl (C=O) groups is 1. The van der Waals surface area contributed by atoms with Gasteiger partial charge < -0.3 is 9.47 Å². The van der Waals surface area contributed by atoms with Crippen molar-refractivity contribution in [2.75, 3.05) is 7.11 Å². The van der Waals surface area contributed by atoms with E-state index in [-0.39, 0.29) is 5.59 Å². The lowest BCUT2D eigenvalue weighted by molar-refractivity contribution is 0.167. The van der Waals surface area contributed by atoms with Crippen molar-refractivity contribution in [3.8, 4) is 5.75 Å². The first-order chi connectivity index (χ1) is 6.22. The summed E-state index contributed by atoms with van der Waals surface area (Å²) in [6.07, 6.45) is 0. The molecule has 70 valence electrons. The molecule has 1 aromatic rings. The Morgan fingerprint density at radius 2 is 2.00 bits per heavy atom. The number of hydrogen-bond donors (Lipinski definition) is 0. The summed E-state index contributed by atoms with van der Waals surface area (Å²) in [4.78, 5) is 10.6. The Morgan fingerprint density at radius 1 is 1.38 bits per heavy atom. The van der Waals surface area contributed by atoms with E-state index in [2.05, 4.69) is 0 Å². The Kier molecular flexibility index (Phi) is 3.51. The number of ether oxygens (including phenoxy) is 2. The predicted molar refractivity (Wildman–Crippen MR) is 53.1 cm³/mol. The zero-order chi connectivity index (χ0) is 9.68. The van der Waals surface area contributed by atoms with Crippen molar-refractivity contribution in [3.05, 3.63) is 29.8 Å². The highest BCUT2D eigenvalue weighted by molar-refractivity contribution is 6.55. The summed E-state index contributed by atoms with van der Waals surface area (Å²) in [5.74, 6) is 0.806. The maximum absolute atomic E-state index is 10.6. The molecule has 0 radical (unpaired) electrons. The van der Waals surface area contributed by atoms with E-state index in [1.165, 1.54) is 0 Å². The van der Waals surface area contributed by atoms with Gasteiger partial charge in [0.2, 0.25) is 0 Å². The van der Waals surface area contributed by atoms with Crippen LogP contribution in [0.15, 0.2) is 24.3 Å². The van der Waals surface area contributed by atoms with Crippen LogP contribution in [0.1, 0.15) is 5.56 Å². The van der Waals surface area contributed by atoms with E-state index in [1.807, 2.05) is 24.3 Å². The molecule has 13 heavy (non-hydrogen) atoms. The van der Waals surface area contributed by atoms with E-state index >= 15 is 0 Å². The van der Waals surface area contributed by atoms with E-state index in [0.29, 0.717) is 16.8 Å². The molecule has 0 unspecified atom stereocenters. The van der Waals surface area contributed by atoms with E-state index < -0.39 is 0 Å². The van der Waals surface area contributed by atoms with Crippen LogP contribution in [0, 0.1) is 0 Å². The van der Waals surface area contributed by atoms with Crippen LogP contribution >= 0.6 is 0 Å². The predicted octanol–water partition coefficient (Wildman–Crippen LogP) is 0.697. The quantitative estimate of drug-likeness (QED) is 0.667. The monoisotopic (exact) mass is 196 g/mol. The molecule has 4 heteroatoms. The van der Waals surface area contributed by atoms with Crippen LogP contribution in [-0.2, 0) is 11.3 Å². The molecule has 0 atom stereocenters. The smallest absolute Gasteiger partial charge is 0.260 e. The molecule has 0 saturated carbocycles. The molecule has 0 aliphatic heterocycles. The molecule has 0 N–H and O–H groups in total. The summed E-state index contributed by atoms with van der Waals surface area (Å²) < 4.78 is 9.88. The van der Waals surface area contributed by atoms with Crippen molar-refractivity contribution in [2.45, 2.75) is 6.61 Å². The maximum atomic E-state index is 10.6. The molecule has 3 nitrogen and oxygen atoms in total. The molecule has 0 aliphatic carbocycles. The van der Waals surface area contributed by atoms with Crippen LogP contribution in [0.5, 0.6) is 5.75 Å². The lowest BCUT2D eigenvalue weighted by Crippen LogP contribution is -2.00. The fourth-order valence-electron chi connectivity index (χ4n) is 0.907. The van der Waals surface area contributed by atoms with E-state index in [4.69, 9.17) is 9.47 Å². The number of rotatable bonds is 3. The Balaban J connectivity index is 2.54. The van der Waals surface area contributed by atoms with Crippen molar-refractivity contribution >= 4 is 15.8 Å². The summed E-state index contributed by atoms with van der Waals surface area (Å²) in [7, 11) is 2.06. The number of benzene rings is 1. The first-order valence-electron chi connectivity index (χ1n) is 3.98. The van der Waals surface area contributed by atoms with Crippen LogP contribution in [0.3, 0.4) is 0 Å². The fourth-order valence-corrected chi connectivity index (χ4v) is 1.05. The zero-order valence-electron chi connectivity index (χ0n) is 7.74. The van der Waals surface area contributed by atoms with Crippen LogP contribution in [-0.4, -0.2) is 22.9 Å². The number of hydrogen-bond acceptors (Lipinski definition) is 3. The molecule has 0 spiro atoms. The van der Waals surface area contributed by atoms with Crippen LogP contribution in [0.2, 0.25) is 0 Å². The zero-order valence-corrected chi connectivity index (χ0v) is 9.74. The summed E-state index contributed by atoms with van der Waals surface area (Å²) in [5, 5.41) is 0. The third kappa shape index (κ3) is 3.29. The Bertz CT molecular complexity index is 281. The molecule has 1 aromatic carbocycles. The van der Waals surface area contributed by atoms with Gasteiger partial charge in [0.15, 0.2) is 0 Å². The highest BCUT2D eigenvalue weighted by atomic mass is 28.1. The fraction of sp³-hybridized carbons (Fsp3) is 0.222. The summed E-state index contributed by atoms with van der Waals surface area (Å²) >= 11 is 0. The van der Waals surface area contributed by atoms with Crippen molar-refractivity contribution < 1.29 is 14.3 Å². The van der Waals surface area contributed by atoms with Crippen molar-refractivity contribution in [2.24, 2.45) is 0 Å². The normalized spacial score (nSPS) is 9.62. The van der Waals surface area contributed by atoms with Gasteiger partial charge in [0.1, 0.15) is 22.6 Å². The maximum Gasteiger partial charge on any atom is 0.260 e. The molecule has 0 fully saturated rings. The van der Waals surface area contributed by atoms with E-state index in [9.17, 15) is 4.79 Å². The molecule has 0 aliphatic rings. The van der Waals surface area contributed by atoms with Crippen molar-refractivity contribution in [1.29, 1.82) is 0 Å². The Morgan fingerprint density at radius 3 is 2.46 bits per heavy atom. The molecule has 0 bridgehead atoms. The molecule has 0 heterocycles. The molecule has 0 amide bonds. The lowest BCUT2D eigenvalue weighted by atomic mass is 10.2. The second-order valence-corrected chi connectivity index (χ2v) is 3.44. The van der Waals surface area contributed by atoms with Crippen LogP contribution in [0.25, 0.3) is 0 Å². The molecule has 0 aromatic heterocycles. The summed E-state index contributed by atoms with van der Waals surface area (Å²) in [5.41, 5.74) is 0.848. The van der Waals surface area contributed by atoms with Gasteiger partial charge in [0, 0.05) is 0 Å². The van der Waals surface area contributed by atoms with Gasteiger partial charge in [0.05, 0.1) is 7.11 Å². The number of methoxy groups -OCH3 is 1. The highest BCUT2D eigenvalue weighted by Crippen LogP contribution is 2.11. The second kappa shape index (κ2) is 4.66. The Hall–Kier alpha value is -1.29. The van der Waals surface area contributed by atoms with Gasteiger partial charge in [-0.3, -0.25) is 4.79 Å². The number of carbonyl (C=O) groups excluding carboxylic acids is 1. The van der Waals surface area contributed by atoms with Gasteiger partial charge in [-0.2, -0.15) is 0 Å². The minimum absolute atomic E-state index is 0.129. The SMILES string of the molecule is COc1ccc(COC(=O)[SiH3])cc1. The second-order valence-electron chi connectivity index (χ2n) is 2.63. The van der Waals surface area contributed by atoms with Gasteiger partial charge in [0.25, 0.3) is 5.59 Å². The third-order valence-corrected chi connectivity index (χ3v) is 1.89. The van der Waals surface area contributed by atoms with E-state index in [1.54, 1.807) is 7.11 Å². The van der Waals surface area contributed by atoms with Crippen molar-refractivity contribution in [1.82, 2.24) is 0 Å². The average molecular weight is 196 g/mol. The first-order valence-corrected chi connectivity index (χ1v) is 4.98. The third-order valence-electron chi connectivity index (χ3n) is 1.60. The van der Waals surface area contributed by atoms with E-state index in [0.717, 1.165) is 11.3 Å². The molecule has 0 saturated heterocycles. The van der Waals surface area contributed by atoms with Gasteiger partial charge >= 0.3 is 0 Å². The minimum Gasteiger partial charge on any atom is -0.497 e. The standard InChI is InChI=1S/C9H12O3Si/c1-11-8-4-2-7(3-5-8)6-12-9(10)13/h2-5H,6H2,1,13H3. The minimum atomic E-state index is -0.129. The van der Waals surface area contributed by atoms with Gasteiger partial charge in [-0.25, -0.2) is 0 Å². The van der Waals surface area contributed by atoms with Crippen molar-refractivity contribution in [3.63, 3.8) is 0 Å². The summed E-state index contributed by atoms with van der Waals surface area (Å²) in [6.45, 7) is 0.353. The lowest BCUT2D eigenvalue weighted by Gasteiger charge is -2.03. The van der Waals surface area contributed by atoms with Crippen LogP contribution < -0.4 is 4.74 Å². The summed E-state index contributed by atoms with van der Waals surface area (Å²) in [6, 6.07) is 7.44. The first kappa shape index (κ1) is 9.79. The highest BCUT2D eigenvalue weighted by Gasteiger charge is 1.96. The largest absolute Gasteiger partial charge is 0.497 e. The molecular formula is C9H12O3Si. The van der Waals surface area contributed by atoms with Gasteiger partial charge in [-0.15, -0.1) is 0 Å².